The van der Waals surface area contributed by atoms with Gasteiger partial charge in [-0.3, -0.25) is 4.64 Å². The van der Waals surface area contributed by atoms with E-state index in [2.05, 4.69) is 22.7 Å². The minimum absolute atomic E-state index is 0.553. The second-order valence-corrected chi connectivity index (χ2v) is 3.68. The average molecular weight is 126 g/mol. The molecule has 1 rings (SSSR count). The van der Waals surface area contributed by atoms with E-state index in [1.807, 2.05) is 6.92 Å². The maximum Gasteiger partial charge on any atom is 0.242 e. The van der Waals surface area contributed by atoms with E-state index in [0.717, 1.165) is 0 Å². The molecule has 0 spiro atoms. The van der Waals surface area contributed by atoms with Crippen molar-refractivity contribution in [2.24, 2.45) is 6.55 Å². The molecule has 0 fully saturated rings. The van der Waals surface area contributed by atoms with Crippen molar-refractivity contribution in [3.63, 3.8) is 0 Å². The molecule has 0 aliphatic rings. The summed E-state index contributed by atoms with van der Waals surface area (Å²) in [5.74, 6) is 0. The summed E-state index contributed by atoms with van der Waals surface area (Å²) in [6.07, 6.45) is 0. The Morgan fingerprint density at radius 2 is 2.12 bits per heavy atom. The predicted molar refractivity (Wildman–Crippen MR) is 35.0 cm³/mol. The molecular formula is C5H10N2Si. The molecule has 0 radical (unpaired) electrons. The Morgan fingerprint density at radius 3 is 2.25 bits per heavy atom. The third-order valence-corrected chi connectivity index (χ3v) is 2.65. The number of aromatic nitrogens is 2. The van der Waals surface area contributed by atoms with Crippen LogP contribution >= 0.6 is 0 Å². The Kier molecular flexibility index (Phi) is 1.29. The number of hydrogen-bond donors (Lipinski definition) is 1. The van der Waals surface area contributed by atoms with E-state index in [1.54, 1.807) is 0 Å². The van der Waals surface area contributed by atoms with Gasteiger partial charge >= 0.3 is 0 Å². The Balaban J connectivity index is 3.14. The number of nitrogens with zero attached hydrogens (tertiary/aromatic N) is 1. The highest BCUT2D eigenvalue weighted by Crippen LogP contribution is 1.93. The molecule has 0 aliphatic heterocycles. The molecule has 0 bridgehead atoms. The highest BCUT2D eigenvalue weighted by atomic mass is 28.2. The van der Waals surface area contributed by atoms with Crippen LogP contribution in [0.1, 0.15) is 11.4 Å². The lowest BCUT2D eigenvalue weighted by atomic mass is 10.4. The average Bonchev–Trinajstić information content (AvgIpc) is 1.85. The number of H-pyrrole nitrogens is 1. The Morgan fingerprint density at radius 1 is 1.50 bits per heavy atom. The Hall–Kier alpha value is -0.443. The molecule has 1 aromatic rings. The molecule has 2 nitrogen and oxygen atoms in total. The minimum atomic E-state index is -0.553. The van der Waals surface area contributed by atoms with Crippen LogP contribution in [-0.2, 0) is 6.55 Å². The summed E-state index contributed by atoms with van der Waals surface area (Å²) in [7, 11) is -0.553. The van der Waals surface area contributed by atoms with Gasteiger partial charge in [0.2, 0.25) is 8.74 Å². The van der Waals surface area contributed by atoms with Crippen molar-refractivity contribution < 1.29 is 0 Å². The van der Waals surface area contributed by atoms with E-state index in [0.29, 0.717) is 0 Å². The zero-order chi connectivity index (χ0) is 6.15. The van der Waals surface area contributed by atoms with E-state index in [9.17, 15) is 0 Å². The van der Waals surface area contributed by atoms with Crippen molar-refractivity contribution in [3.05, 3.63) is 11.4 Å². The molecule has 0 unspecified atom stereocenters. The maximum absolute atomic E-state index is 4.34. The van der Waals surface area contributed by atoms with E-state index in [1.165, 1.54) is 11.4 Å². The molecule has 44 valence electrons. The van der Waals surface area contributed by atoms with Crippen LogP contribution in [0.15, 0.2) is 0 Å². The van der Waals surface area contributed by atoms with Gasteiger partial charge in [0.1, 0.15) is 0 Å². The zero-order valence-electron chi connectivity index (χ0n) is 5.45. The molecule has 0 aromatic carbocycles. The first-order valence-electron chi connectivity index (χ1n) is 2.70. The number of hydrogen-bond acceptors (Lipinski definition) is 1. The minimum Gasteiger partial charge on any atom is -0.380 e. The van der Waals surface area contributed by atoms with Crippen LogP contribution in [0.25, 0.3) is 0 Å². The van der Waals surface area contributed by atoms with Crippen LogP contribution in [0.3, 0.4) is 0 Å². The molecule has 0 aliphatic carbocycles. The summed E-state index contributed by atoms with van der Waals surface area (Å²) in [6.45, 7) is 6.26. The lowest BCUT2D eigenvalue weighted by Crippen LogP contribution is -1.94. The van der Waals surface area contributed by atoms with Crippen LogP contribution in [0.4, 0.5) is 0 Å². The van der Waals surface area contributed by atoms with Crippen LogP contribution in [0.5, 0.6) is 0 Å². The van der Waals surface area contributed by atoms with Crippen molar-refractivity contribution in [2.45, 2.75) is 13.8 Å². The number of aromatic amines is 1. The van der Waals surface area contributed by atoms with Crippen LogP contribution in [0, 0.1) is 13.8 Å². The first-order valence-corrected chi connectivity index (χ1v) is 4.64. The van der Waals surface area contributed by atoms with Gasteiger partial charge in [-0.2, -0.15) is 0 Å². The van der Waals surface area contributed by atoms with Crippen molar-refractivity contribution >= 4 is 8.74 Å². The lowest BCUT2D eigenvalue weighted by molar-refractivity contribution is 1.22. The van der Waals surface area contributed by atoms with Crippen molar-refractivity contribution in [1.29, 1.82) is 0 Å². The van der Waals surface area contributed by atoms with Crippen molar-refractivity contribution in [1.82, 2.24) is 9.28 Å². The van der Waals surface area contributed by atoms with Crippen LogP contribution in [-0.4, -0.2) is 18.0 Å². The molecule has 1 aromatic heterocycles. The maximum atomic E-state index is 4.34. The van der Waals surface area contributed by atoms with Gasteiger partial charge in [-0.05, 0) is 20.4 Å². The fraction of sp³-hybridized carbons (Fsp3) is 0.600. The fourth-order valence-electron chi connectivity index (χ4n) is 0.725. The molecule has 1 N–H and O–H groups in total. The van der Waals surface area contributed by atoms with Gasteiger partial charge in [0.05, 0.1) is 0 Å². The fourth-order valence-corrected chi connectivity index (χ4v) is 2.18. The summed E-state index contributed by atoms with van der Waals surface area (Å²) in [4.78, 5) is 0. The van der Waals surface area contributed by atoms with Gasteiger partial charge in [0.15, 0.2) is 0 Å². The zero-order valence-corrected chi connectivity index (χ0v) is 6.45. The molecule has 1 heterocycles. The number of nitrogens with one attached hydrogen (secondary N) is 1. The molecule has 0 saturated heterocycles. The van der Waals surface area contributed by atoms with Gasteiger partial charge < -0.3 is 4.64 Å². The predicted octanol–water partition coefficient (Wildman–Crippen LogP) is 0.589. The molecular weight excluding hydrogens is 116 g/mol. The van der Waals surface area contributed by atoms with Gasteiger partial charge in [0.25, 0.3) is 0 Å². The molecule has 0 saturated carbocycles. The van der Waals surface area contributed by atoms with E-state index in [4.69, 9.17) is 0 Å². The first-order chi connectivity index (χ1) is 3.70. The Bertz CT molecular complexity index is 173. The Labute approximate surface area is 50.7 Å². The highest BCUT2D eigenvalue weighted by molar-refractivity contribution is 6.36. The SMILES string of the molecule is Cc1n[si](C)[nH]c1C. The molecule has 8 heavy (non-hydrogen) atoms. The normalized spacial score (nSPS) is 9.88. The lowest BCUT2D eigenvalue weighted by Gasteiger charge is -1.80. The standard InChI is InChI=1S/C5H10N2Si/c1-4-5(2)7-8(3)6-4/h6H,1-3H3. The topological polar surface area (TPSA) is 28.7 Å². The van der Waals surface area contributed by atoms with Gasteiger partial charge in [0, 0.05) is 11.4 Å². The van der Waals surface area contributed by atoms with Gasteiger partial charge in [-0.25, -0.2) is 0 Å². The highest BCUT2D eigenvalue weighted by Gasteiger charge is 1.95. The quantitative estimate of drug-likeness (QED) is 0.506. The second kappa shape index (κ2) is 1.82. The van der Waals surface area contributed by atoms with Gasteiger partial charge in [-0.1, -0.05) is 0 Å². The molecule has 0 atom stereocenters. The summed E-state index contributed by atoms with van der Waals surface area (Å²) < 4.78 is 7.62. The van der Waals surface area contributed by atoms with E-state index < -0.39 is 8.74 Å². The third-order valence-electron chi connectivity index (χ3n) is 1.25. The summed E-state index contributed by atoms with van der Waals surface area (Å²) >= 11 is 0. The van der Waals surface area contributed by atoms with Crippen molar-refractivity contribution in [2.75, 3.05) is 0 Å². The van der Waals surface area contributed by atoms with Gasteiger partial charge in [-0.15, -0.1) is 0 Å². The summed E-state index contributed by atoms with van der Waals surface area (Å²) in [5.41, 5.74) is 2.43. The molecule has 3 heteroatoms. The third kappa shape index (κ3) is 0.864. The van der Waals surface area contributed by atoms with E-state index >= 15 is 0 Å². The van der Waals surface area contributed by atoms with E-state index in [-0.39, 0.29) is 0 Å². The second-order valence-electron chi connectivity index (χ2n) is 2.03. The first kappa shape index (κ1) is 5.69. The van der Waals surface area contributed by atoms with Crippen LogP contribution < -0.4 is 0 Å². The monoisotopic (exact) mass is 126 g/mol. The molecule has 0 amide bonds. The summed E-state index contributed by atoms with van der Waals surface area (Å²) in [6, 6.07) is 0. The largest absolute Gasteiger partial charge is 0.380 e. The summed E-state index contributed by atoms with van der Waals surface area (Å²) in [5, 5.41) is 0. The smallest absolute Gasteiger partial charge is 0.242 e. The van der Waals surface area contributed by atoms with Crippen LogP contribution in [0.2, 0.25) is 0 Å². The number of aryl methyl sites for hydroxylation is 3. The van der Waals surface area contributed by atoms with Crippen molar-refractivity contribution in [3.8, 4) is 0 Å². The number of rotatable bonds is 0.